The highest BCUT2D eigenvalue weighted by atomic mass is 19.1. The Balaban J connectivity index is 1.45. The van der Waals surface area contributed by atoms with E-state index in [1.54, 1.807) is 25.2 Å². The van der Waals surface area contributed by atoms with Gasteiger partial charge in [0, 0.05) is 31.8 Å². The summed E-state index contributed by atoms with van der Waals surface area (Å²) in [5.74, 6) is -2.17. The van der Waals surface area contributed by atoms with Gasteiger partial charge in [-0.1, -0.05) is 18.2 Å². The van der Waals surface area contributed by atoms with Gasteiger partial charge in [-0.15, -0.1) is 0 Å². The molecule has 2 amide bonds. The predicted octanol–water partition coefficient (Wildman–Crippen LogP) is 1.93. The number of fused-ring (bicyclic) bond motifs is 1. The fourth-order valence-corrected chi connectivity index (χ4v) is 3.99. The Morgan fingerprint density at radius 1 is 1.13 bits per heavy atom. The first-order valence-electron chi connectivity index (χ1n) is 10.0. The highest BCUT2D eigenvalue weighted by molar-refractivity contribution is 5.88. The third-order valence-electron chi connectivity index (χ3n) is 5.60. The monoisotopic (exact) mass is 428 g/mol. The molecule has 0 radical (unpaired) electrons. The van der Waals surface area contributed by atoms with Crippen molar-refractivity contribution in [3.63, 3.8) is 0 Å². The summed E-state index contributed by atoms with van der Waals surface area (Å²) >= 11 is 0. The molecular formula is C22H22F2N4O3. The second-order valence-corrected chi connectivity index (χ2v) is 7.67. The maximum atomic E-state index is 14.0. The van der Waals surface area contributed by atoms with Crippen molar-refractivity contribution in [2.45, 2.75) is 32.0 Å². The maximum Gasteiger partial charge on any atom is 0.329 e. The number of nitrogens with zero attached hydrogens (tertiary/aromatic N) is 3. The number of rotatable bonds is 5. The molecule has 4 rings (SSSR count). The van der Waals surface area contributed by atoms with Crippen LogP contribution in [0.1, 0.15) is 18.4 Å². The first-order chi connectivity index (χ1) is 14.8. The molecule has 1 N–H and O–H groups in total. The molecule has 1 unspecified atom stereocenters. The van der Waals surface area contributed by atoms with Crippen LogP contribution in [0, 0.1) is 11.6 Å². The van der Waals surface area contributed by atoms with Gasteiger partial charge in [-0.2, -0.15) is 0 Å². The first-order valence-corrected chi connectivity index (χ1v) is 10.0. The number of halogens is 2. The highest BCUT2D eigenvalue weighted by Gasteiger charge is 2.30. The number of aromatic nitrogens is 2. The zero-order valence-corrected chi connectivity index (χ0v) is 17.0. The molecule has 0 aliphatic carbocycles. The van der Waals surface area contributed by atoms with Gasteiger partial charge in [-0.25, -0.2) is 13.6 Å². The third-order valence-corrected chi connectivity index (χ3v) is 5.60. The van der Waals surface area contributed by atoms with Crippen LogP contribution in [0.5, 0.6) is 0 Å². The van der Waals surface area contributed by atoms with Crippen LogP contribution >= 0.6 is 0 Å². The summed E-state index contributed by atoms with van der Waals surface area (Å²) in [7, 11) is 1.64. The molecule has 31 heavy (non-hydrogen) atoms. The van der Waals surface area contributed by atoms with Crippen LogP contribution in [0.25, 0.3) is 11.0 Å². The van der Waals surface area contributed by atoms with Gasteiger partial charge in [0.2, 0.25) is 11.8 Å². The number of carbonyl (C=O) groups is 2. The minimum Gasteiger partial charge on any atom is -0.343 e. The van der Waals surface area contributed by atoms with Crippen LogP contribution in [0.3, 0.4) is 0 Å². The van der Waals surface area contributed by atoms with Crippen LogP contribution < -0.4 is 11.0 Å². The molecule has 1 saturated heterocycles. The van der Waals surface area contributed by atoms with E-state index >= 15 is 0 Å². The molecule has 1 fully saturated rings. The zero-order valence-electron chi connectivity index (χ0n) is 17.0. The lowest BCUT2D eigenvalue weighted by Crippen LogP contribution is -2.52. The van der Waals surface area contributed by atoms with E-state index in [0.29, 0.717) is 30.4 Å². The summed E-state index contributed by atoms with van der Waals surface area (Å²) in [6, 6.07) is 9.64. The van der Waals surface area contributed by atoms with Gasteiger partial charge in [-0.3, -0.25) is 18.7 Å². The number of hydrogen-bond donors (Lipinski definition) is 1. The number of para-hydroxylation sites is 2. The van der Waals surface area contributed by atoms with Crippen LogP contribution in [0.15, 0.2) is 47.3 Å². The van der Waals surface area contributed by atoms with E-state index in [0.717, 1.165) is 12.1 Å². The number of nitrogens with one attached hydrogen (secondary N) is 1. The van der Waals surface area contributed by atoms with E-state index in [1.165, 1.54) is 20.1 Å². The molecule has 1 aliphatic rings. The van der Waals surface area contributed by atoms with E-state index in [9.17, 15) is 23.2 Å². The van der Waals surface area contributed by atoms with Crippen molar-refractivity contribution in [2.24, 2.45) is 7.05 Å². The number of imidazole rings is 1. The largest absolute Gasteiger partial charge is 0.343 e. The standard InChI is InChI=1S/C22H22F2N4O3/c1-26-18-6-2-3-7-19(18)28(22(26)31)13-20(29)25-17-5-4-10-27(21(17)30)12-14-8-9-15(23)11-16(14)24/h2-3,6-9,11,17H,4-5,10,12-13H2,1H3,(H,25,29). The fraction of sp³-hybridized carbons (Fsp3) is 0.318. The normalized spacial score (nSPS) is 16.7. The topological polar surface area (TPSA) is 76.3 Å². The Morgan fingerprint density at radius 3 is 2.61 bits per heavy atom. The van der Waals surface area contributed by atoms with Crippen molar-refractivity contribution in [3.8, 4) is 0 Å². The first kappa shape index (κ1) is 20.8. The van der Waals surface area contributed by atoms with E-state index in [1.807, 2.05) is 6.07 Å². The minimum absolute atomic E-state index is 0.0000973. The molecule has 162 valence electrons. The molecule has 7 nitrogen and oxygen atoms in total. The summed E-state index contributed by atoms with van der Waals surface area (Å²) in [6.45, 7) is 0.210. The molecule has 3 aromatic rings. The SMILES string of the molecule is Cn1c(=O)n(CC(=O)NC2CCCN(Cc3ccc(F)cc3F)C2=O)c2ccccc21. The molecule has 0 saturated carbocycles. The van der Waals surface area contributed by atoms with Gasteiger partial charge in [0.15, 0.2) is 0 Å². The molecule has 2 aromatic carbocycles. The Kier molecular flexibility index (Phi) is 5.58. The van der Waals surface area contributed by atoms with E-state index < -0.39 is 23.6 Å². The Morgan fingerprint density at radius 2 is 1.87 bits per heavy atom. The van der Waals surface area contributed by atoms with Gasteiger partial charge >= 0.3 is 5.69 Å². The third kappa shape index (κ3) is 4.08. The van der Waals surface area contributed by atoms with E-state index in [-0.39, 0.29) is 30.2 Å². The molecule has 1 atom stereocenters. The lowest BCUT2D eigenvalue weighted by Gasteiger charge is -2.32. The molecule has 9 heteroatoms. The van der Waals surface area contributed by atoms with Gasteiger partial charge in [0.05, 0.1) is 11.0 Å². The Hall–Kier alpha value is -3.49. The van der Waals surface area contributed by atoms with Crippen LogP contribution in [0.4, 0.5) is 8.78 Å². The van der Waals surface area contributed by atoms with Gasteiger partial charge in [0.25, 0.3) is 0 Å². The summed E-state index contributed by atoms with van der Waals surface area (Å²) in [5, 5.41) is 2.70. The lowest BCUT2D eigenvalue weighted by molar-refractivity contribution is -0.139. The molecule has 0 bridgehead atoms. The number of hydrogen-bond acceptors (Lipinski definition) is 3. The zero-order chi connectivity index (χ0) is 22.1. The van der Waals surface area contributed by atoms with Gasteiger partial charge < -0.3 is 10.2 Å². The van der Waals surface area contributed by atoms with Crippen molar-refractivity contribution in [1.82, 2.24) is 19.4 Å². The van der Waals surface area contributed by atoms with Crippen LogP contribution in [0.2, 0.25) is 0 Å². The quantitative estimate of drug-likeness (QED) is 0.675. The summed E-state index contributed by atoms with van der Waals surface area (Å²) < 4.78 is 29.9. The highest BCUT2D eigenvalue weighted by Crippen LogP contribution is 2.18. The average Bonchev–Trinajstić information content (AvgIpc) is 2.98. The summed E-state index contributed by atoms with van der Waals surface area (Å²) in [5.41, 5.74) is 1.24. The second kappa shape index (κ2) is 8.33. The van der Waals surface area contributed by atoms with Crippen molar-refractivity contribution in [1.29, 1.82) is 0 Å². The molecule has 0 spiro atoms. The number of carbonyl (C=O) groups excluding carboxylic acids is 2. The number of piperidine rings is 1. The van der Waals surface area contributed by atoms with Crippen molar-refractivity contribution >= 4 is 22.8 Å². The number of amides is 2. The Bertz CT molecular complexity index is 1220. The van der Waals surface area contributed by atoms with Crippen molar-refractivity contribution in [2.75, 3.05) is 6.54 Å². The smallest absolute Gasteiger partial charge is 0.329 e. The maximum absolute atomic E-state index is 14.0. The molecule has 2 heterocycles. The van der Waals surface area contributed by atoms with E-state index in [4.69, 9.17) is 0 Å². The number of likely N-dealkylation sites (tertiary alicyclic amines) is 1. The predicted molar refractivity (Wildman–Crippen MR) is 110 cm³/mol. The summed E-state index contributed by atoms with van der Waals surface area (Å²) in [6.07, 6.45) is 1.09. The van der Waals surface area contributed by atoms with Gasteiger partial charge in [-0.05, 0) is 31.0 Å². The van der Waals surface area contributed by atoms with Crippen LogP contribution in [-0.2, 0) is 29.7 Å². The number of benzene rings is 2. The van der Waals surface area contributed by atoms with Gasteiger partial charge in [0.1, 0.15) is 24.2 Å². The van der Waals surface area contributed by atoms with E-state index in [2.05, 4.69) is 5.32 Å². The molecule has 1 aromatic heterocycles. The average molecular weight is 428 g/mol. The van der Waals surface area contributed by atoms with Crippen molar-refractivity contribution < 1.29 is 18.4 Å². The lowest BCUT2D eigenvalue weighted by atomic mass is 10.0. The van der Waals surface area contributed by atoms with Crippen LogP contribution in [-0.4, -0.2) is 38.4 Å². The Labute approximate surface area is 176 Å². The fourth-order valence-electron chi connectivity index (χ4n) is 3.99. The summed E-state index contributed by atoms with van der Waals surface area (Å²) in [4.78, 5) is 39.4. The number of aryl methyl sites for hydroxylation is 1. The molecular weight excluding hydrogens is 406 g/mol. The second-order valence-electron chi connectivity index (χ2n) is 7.67. The minimum atomic E-state index is -0.754. The molecule has 1 aliphatic heterocycles. The van der Waals surface area contributed by atoms with Crippen molar-refractivity contribution in [3.05, 3.63) is 70.1 Å².